The summed E-state index contributed by atoms with van der Waals surface area (Å²) in [5.41, 5.74) is 7.34. The number of phenols is 1. The SMILES string of the molecule is CSCC[C@H](NC(=O)[C@H](Cc1ccccc1)NC(=O)CNC(=O)[C@@H](CCC(=O)N[C@@H]1O[C@H](CO)[C@@H](O)[C@H](O)[C@H]1O)NC(=O)[C@@H](N)Cc1ccc(O)cc1)C(=O)O. The molecule has 0 bridgehead atoms. The lowest BCUT2D eigenvalue weighted by molar-refractivity contribution is -0.236. The Bertz CT molecular complexity index is 1620. The van der Waals surface area contributed by atoms with Gasteiger partial charge in [-0.25, -0.2) is 4.79 Å². The molecule has 0 aromatic heterocycles. The van der Waals surface area contributed by atoms with Gasteiger partial charge in [-0.05, 0) is 54.5 Å². The van der Waals surface area contributed by atoms with Crippen LogP contribution in [0.15, 0.2) is 54.6 Å². The summed E-state index contributed by atoms with van der Waals surface area (Å²) in [6.07, 6.45) is -6.97. The molecule has 9 atom stereocenters. The van der Waals surface area contributed by atoms with Gasteiger partial charge in [0.05, 0.1) is 19.2 Å². The summed E-state index contributed by atoms with van der Waals surface area (Å²) in [6, 6.07) is 9.42. The number of amides is 5. The highest BCUT2D eigenvalue weighted by atomic mass is 32.2. The Hall–Kier alpha value is -4.83. The summed E-state index contributed by atoms with van der Waals surface area (Å²) in [5, 5.41) is 71.1. The number of benzene rings is 2. The van der Waals surface area contributed by atoms with Crippen molar-refractivity contribution < 1.29 is 64.1 Å². The maximum absolute atomic E-state index is 13.4. The number of nitrogens with two attached hydrogens (primary N) is 1. The zero-order valence-electron chi connectivity index (χ0n) is 30.6. The van der Waals surface area contributed by atoms with Crippen molar-refractivity contribution in [3.8, 4) is 5.75 Å². The summed E-state index contributed by atoms with van der Waals surface area (Å²) in [6.45, 7) is -1.43. The molecule has 308 valence electrons. The van der Waals surface area contributed by atoms with Gasteiger partial charge >= 0.3 is 5.97 Å². The number of thioether (sulfide) groups is 1. The number of aliphatic carboxylic acids is 1. The summed E-state index contributed by atoms with van der Waals surface area (Å²) in [4.78, 5) is 77.7. The molecule has 19 nitrogen and oxygen atoms in total. The molecule has 2 aromatic carbocycles. The van der Waals surface area contributed by atoms with Gasteiger partial charge < -0.3 is 67.7 Å². The summed E-state index contributed by atoms with van der Waals surface area (Å²) in [5.74, 6) is -4.93. The Morgan fingerprint density at radius 1 is 0.768 bits per heavy atom. The first-order valence-corrected chi connectivity index (χ1v) is 19.1. The molecular weight excluding hydrogens is 756 g/mol. The average Bonchev–Trinajstić information content (AvgIpc) is 3.17. The van der Waals surface area contributed by atoms with Crippen LogP contribution in [0.2, 0.25) is 0 Å². The number of carbonyl (C=O) groups is 6. The lowest BCUT2D eigenvalue weighted by Crippen LogP contribution is -2.63. The predicted molar refractivity (Wildman–Crippen MR) is 201 cm³/mol. The smallest absolute Gasteiger partial charge is 0.326 e. The van der Waals surface area contributed by atoms with Crippen LogP contribution in [0.25, 0.3) is 0 Å². The van der Waals surface area contributed by atoms with Crippen molar-refractivity contribution in [3.63, 3.8) is 0 Å². The molecular formula is C36H50N6O13S. The van der Waals surface area contributed by atoms with E-state index >= 15 is 0 Å². The molecule has 0 aliphatic carbocycles. The van der Waals surface area contributed by atoms with Crippen LogP contribution in [0.4, 0.5) is 0 Å². The molecule has 0 radical (unpaired) electrons. The fourth-order valence-electron chi connectivity index (χ4n) is 5.61. The minimum atomic E-state index is -1.77. The first-order valence-electron chi connectivity index (χ1n) is 17.7. The molecule has 0 unspecified atom stereocenters. The van der Waals surface area contributed by atoms with Gasteiger partial charge in [0.25, 0.3) is 0 Å². The molecule has 1 fully saturated rings. The highest BCUT2D eigenvalue weighted by Crippen LogP contribution is 2.20. The van der Waals surface area contributed by atoms with E-state index in [2.05, 4.69) is 26.6 Å². The molecule has 5 amide bonds. The zero-order chi connectivity index (χ0) is 41.4. The Labute approximate surface area is 326 Å². The van der Waals surface area contributed by atoms with Gasteiger partial charge in [0, 0.05) is 12.8 Å². The molecule has 56 heavy (non-hydrogen) atoms. The highest BCUT2D eigenvalue weighted by molar-refractivity contribution is 7.98. The van der Waals surface area contributed by atoms with Crippen molar-refractivity contribution in [2.45, 2.75) is 86.9 Å². The minimum Gasteiger partial charge on any atom is -0.508 e. The van der Waals surface area contributed by atoms with Crippen molar-refractivity contribution in [1.82, 2.24) is 26.6 Å². The molecule has 0 spiro atoms. The van der Waals surface area contributed by atoms with E-state index in [0.29, 0.717) is 16.9 Å². The molecule has 13 N–H and O–H groups in total. The van der Waals surface area contributed by atoms with Crippen LogP contribution in [-0.4, -0.2) is 146 Å². The minimum absolute atomic E-state index is 0.00263. The molecule has 1 heterocycles. The molecule has 20 heteroatoms. The largest absolute Gasteiger partial charge is 0.508 e. The lowest BCUT2D eigenvalue weighted by atomic mass is 9.98. The summed E-state index contributed by atoms with van der Waals surface area (Å²) in [7, 11) is 0. The van der Waals surface area contributed by atoms with Gasteiger partial charge in [-0.15, -0.1) is 0 Å². The average molecular weight is 807 g/mol. The van der Waals surface area contributed by atoms with Gasteiger partial charge in [0.2, 0.25) is 29.5 Å². The Morgan fingerprint density at radius 2 is 1.41 bits per heavy atom. The standard InChI is InChI=1S/C36H50N6O13S/c1-56-14-13-24(36(53)54)41-34(52)25(16-19-5-3-2-4-6-19)39-28(46)17-38-33(51)23(40-32(50)22(37)15-20-7-9-21(44)10-8-20)11-12-27(45)42-35-31(49)30(48)29(47)26(18-43)55-35/h2-10,22-26,29-31,35,43-44,47-49H,11-18,37H2,1H3,(H,38,51)(H,39,46)(H,40,50)(H,41,52)(H,42,45)(H,53,54)/t22-,23+,24-,25-,26+,29+,30-,31+,35+/m0/s1. The van der Waals surface area contributed by atoms with Gasteiger partial charge in [0.15, 0.2) is 6.23 Å². The molecule has 1 saturated heterocycles. The number of phenolic OH excluding ortho intramolecular Hbond substituents is 1. The maximum atomic E-state index is 13.4. The number of rotatable bonds is 21. The first kappa shape index (κ1) is 45.6. The number of aromatic hydroxyl groups is 1. The fourth-order valence-corrected chi connectivity index (χ4v) is 6.09. The number of hydrogen-bond acceptors (Lipinski definition) is 14. The number of carboxylic acids is 1. The van der Waals surface area contributed by atoms with Crippen molar-refractivity contribution in [2.75, 3.05) is 25.2 Å². The Balaban J connectivity index is 1.71. The molecule has 3 rings (SSSR count). The van der Waals surface area contributed by atoms with Crippen LogP contribution < -0.4 is 32.3 Å². The Morgan fingerprint density at radius 3 is 2.04 bits per heavy atom. The first-order chi connectivity index (χ1) is 26.6. The monoisotopic (exact) mass is 806 g/mol. The molecule has 1 aliphatic heterocycles. The number of ether oxygens (including phenoxy) is 1. The van der Waals surface area contributed by atoms with Crippen molar-refractivity contribution >= 4 is 47.3 Å². The Kier molecular flexibility index (Phi) is 18.4. The zero-order valence-corrected chi connectivity index (χ0v) is 31.4. The number of carboxylic acid groups (broad SMARTS) is 1. The second-order valence-electron chi connectivity index (χ2n) is 13.1. The number of carbonyl (C=O) groups excluding carboxylic acids is 5. The topological polar surface area (TPSA) is 319 Å². The van der Waals surface area contributed by atoms with E-state index in [1.165, 1.54) is 23.9 Å². The molecule has 0 saturated carbocycles. The van der Waals surface area contributed by atoms with Crippen LogP contribution >= 0.6 is 11.8 Å². The third-order valence-corrected chi connectivity index (χ3v) is 9.44. The van der Waals surface area contributed by atoms with Crippen LogP contribution in [0.3, 0.4) is 0 Å². The predicted octanol–water partition coefficient (Wildman–Crippen LogP) is -3.39. The van der Waals surface area contributed by atoms with Gasteiger partial charge in [0.1, 0.15) is 48.3 Å². The number of nitrogens with one attached hydrogen (secondary N) is 5. The third-order valence-electron chi connectivity index (χ3n) is 8.80. The maximum Gasteiger partial charge on any atom is 0.326 e. The van der Waals surface area contributed by atoms with Crippen LogP contribution in [0.5, 0.6) is 5.75 Å². The number of aliphatic hydroxyl groups excluding tert-OH is 4. The van der Waals surface area contributed by atoms with E-state index in [1.807, 2.05) is 0 Å². The third kappa shape index (κ3) is 14.3. The van der Waals surface area contributed by atoms with Gasteiger partial charge in [-0.1, -0.05) is 42.5 Å². The van der Waals surface area contributed by atoms with Gasteiger partial charge in [-0.3, -0.25) is 24.0 Å². The van der Waals surface area contributed by atoms with E-state index in [0.717, 1.165) is 0 Å². The number of hydrogen-bond donors (Lipinski definition) is 12. The summed E-state index contributed by atoms with van der Waals surface area (Å²) >= 11 is 1.40. The molecule has 2 aromatic rings. The van der Waals surface area contributed by atoms with Crippen LogP contribution in [-0.2, 0) is 46.3 Å². The van der Waals surface area contributed by atoms with Crippen molar-refractivity contribution in [3.05, 3.63) is 65.7 Å². The second-order valence-corrected chi connectivity index (χ2v) is 14.1. The fraction of sp³-hybridized carbons (Fsp3) is 0.500. The van der Waals surface area contributed by atoms with Gasteiger partial charge in [-0.2, -0.15) is 11.8 Å². The van der Waals surface area contributed by atoms with E-state index < -0.39 is 110 Å². The van der Waals surface area contributed by atoms with E-state index in [-0.39, 0.29) is 31.4 Å². The van der Waals surface area contributed by atoms with Crippen LogP contribution in [0.1, 0.15) is 30.4 Å². The van der Waals surface area contributed by atoms with E-state index in [9.17, 15) is 59.4 Å². The highest BCUT2D eigenvalue weighted by Gasteiger charge is 2.44. The summed E-state index contributed by atoms with van der Waals surface area (Å²) < 4.78 is 5.29. The lowest BCUT2D eigenvalue weighted by Gasteiger charge is -2.40. The molecule has 1 aliphatic rings. The second kappa shape index (κ2) is 22.7. The van der Waals surface area contributed by atoms with Crippen molar-refractivity contribution in [1.29, 1.82) is 0 Å². The van der Waals surface area contributed by atoms with E-state index in [4.69, 9.17) is 10.5 Å². The van der Waals surface area contributed by atoms with Crippen molar-refractivity contribution in [2.24, 2.45) is 5.73 Å². The quantitative estimate of drug-likeness (QED) is 0.0586. The normalized spacial score (nSPS) is 21.4. The van der Waals surface area contributed by atoms with E-state index in [1.54, 1.807) is 48.7 Å². The number of aliphatic hydroxyl groups is 4. The van der Waals surface area contributed by atoms with Crippen LogP contribution in [0, 0.1) is 0 Å².